The molecule has 1 saturated heterocycles. The van der Waals surface area contributed by atoms with E-state index in [4.69, 9.17) is 0 Å². The Morgan fingerprint density at radius 1 is 1.41 bits per heavy atom. The van der Waals surface area contributed by atoms with Gasteiger partial charge in [-0.05, 0) is 43.7 Å². The Balaban J connectivity index is 1.74. The highest BCUT2D eigenvalue weighted by atomic mass is 19.1. The summed E-state index contributed by atoms with van der Waals surface area (Å²) in [5.74, 6) is -0.314. The van der Waals surface area contributed by atoms with E-state index in [2.05, 4.69) is 16.0 Å². The van der Waals surface area contributed by atoms with E-state index in [-0.39, 0.29) is 11.8 Å². The van der Waals surface area contributed by atoms with Gasteiger partial charge in [-0.2, -0.15) is 0 Å². The van der Waals surface area contributed by atoms with Crippen LogP contribution in [0.1, 0.15) is 12.8 Å². The number of urea groups is 1. The van der Waals surface area contributed by atoms with Crippen molar-refractivity contribution in [1.82, 2.24) is 10.6 Å². The van der Waals surface area contributed by atoms with Gasteiger partial charge in [0.2, 0.25) is 0 Å². The third-order valence-corrected chi connectivity index (χ3v) is 2.77. The third-order valence-electron chi connectivity index (χ3n) is 2.77. The van der Waals surface area contributed by atoms with Gasteiger partial charge in [0.15, 0.2) is 0 Å². The highest BCUT2D eigenvalue weighted by Crippen LogP contribution is 2.08. The van der Waals surface area contributed by atoms with Crippen LogP contribution in [-0.2, 0) is 0 Å². The zero-order valence-corrected chi connectivity index (χ0v) is 9.50. The summed E-state index contributed by atoms with van der Waals surface area (Å²) in [6, 6.07) is 5.80. The number of benzene rings is 1. The zero-order chi connectivity index (χ0) is 12.1. The fourth-order valence-corrected chi connectivity index (χ4v) is 1.86. The first-order valence-electron chi connectivity index (χ1n) is 5.78. The molecule has 0 aliphatic carbocycles. The number of anilines is 1. The molecule has 1 aromatic carbocycles. The molecule has 4 nitrogen and oxygen atoms in total. The zero-order valence-electron chi connectivity index (χ0n) is 9.50. The molecule has 0 aromatic heterocycles. The van der Waals surface area contributed by atoms with E-state index < -0.39 is 0 Å². The molecule has 1 fully saturated rings. The van der Waals surface area contributed by atoms with Crippen LogP contribution in [0.15, 0.2) is 24.3 Å². The van der Waals surface area contributed by atoms with E-state index in [0.717, 1.165) is 19.4 Å². The minimum atomic E-state index is -0.314. The van der Waals surface area contributed by atoms with Crippen LogP contribution in [0.25, 0.3) is 0 Å². The number of nitrogens with one attached hydrogen (secondary N) is 3. The Hall–Kier alpha value is -1.62. The predicted molar refractivity (Wildman–Crippen MR) is 64.4 cm³/mol. The molecule has 0 radical (unpaired) electrons. The van der Waals surface area contributed by atoms with Crippen LogP contribution in [0.2, 0.25) is 0 Å². The van der Waals surface area contributed by atoms with Gasteiger partial charge in [-0.3, -0.25) is 0 Å². The van der Waals surface area contributed by atoms with Crippen molar-refractivity contribution in [3.05, 3.63) is 30.1 Å². The molecule has 1 aromatic rings. The average molecular weight is 237 g/mol. The molecule has 1 heterocycles. The summed E-state index contributed by atoms with van der Waals surface area (Å²) in [6.07, 6.45) is 2.25. The molecule has 0 bridgehead atoms. The normalized spacial score (nSPS) is 19.0. The van der Waals surface area contributed by atoms with Gasteiger partial charge >= 0.3 is 6.03 Å². The molecule has 2 rings (SSSR count). The monoisotopic (exact) mass is 237 g/mol. The fraction of sp³-hybridized carbons (Fsp3) is 0.417. The Morgan fingerprint density at radius 3 is 2.82 bits per heavy atom. The van der Waals surface area contributed by atoms with Crippen molar-refractivity contribution in [3.8, 4) is 0 Å². The van der Waals surface area contributed by atoms with Crippen LogP contribution in [0.5, 0.6) is 0 Å². The molecule has 92 valence electrons. The summed E-state index contributed by atoms with van der Waals surface area (Å²) in [5, 5.41) is 8.72. The van der Waals surface area contributed by atoms with E-state index in [1.807, 2.05) is 0 Å². The largest absolute Gasteiger partial charge is 0.336 e. The van der Waals surface area contributed by atoms with Crippen LogP contribution in [0.3, 0.4) is 0 Å². The number of amides is 2. The summed E-state index contributed by atoms with van der Waals surface area (Å²) in [5.41, 5.74) is 0.586. The van der Waals surface area contributed by atoms with Crippen LogP contribution < -0.4 is 16.0 Å². The van der Waals surface area contributed by atoms with Gasteiger partial charge in [0.05, 0.1) is 0 Å². The van der Waals surface area contributed by atoms with Gasteiger partial charge in [-0.25, -0.2) is 9.18 Å². The highest BCUT2D eigenvalue weighted by molar-refractivity contribution is 5.89. The Labute approximate surface area is 99.6 Å². The molecule has 3 N–H and O–H groups in total. The Bertz CT molecular complexity index is 374. The van der Waals surface area contributed by atoms with Crippen LogP contribution >= 0.6 is 0 Å². The quantitative estimate of drug-likeness (QED) is 0.749. The second kappa shape index (κ2) is 5.63. The first kappa shape index (κ1) is 11.9. The van der Waals surface area contributed by atoms with E-state index >= 15 is 0 Å². The molecule has 1 aliphatic heterocycles. The van der Waals surface area contributed by atoms with Crippen molar-refractivity contribution in [1.29, 1.82) is 0 Å². The number of hydrogen-bond donors (Lipinski definition) is 3. The van der Waals surface area contributed by atoms with Gasteiger partial charge in [-0.1, -0.05) is 0 Å². The summed E-state index contributed by atoms with van der Waals surface area (Å²) < 4.78 is 12.6. The molecule has 1 unspecified atom stereocenters. The van der Waals surface area contributed by atoms with Gasteiger partial charge < -0.3 is 16.0 Å². The minimum Gasteiger partial charge on any atom is -0.336 e. The summed E-state index contributed by atoms with van der Waals surface area (Å²) in [4.78, 5) is 11.5. The molecule has 2 amide bonds. The van der Waals surface area contributed by atoms with Gasteiger partial charge in [0.1, 0.15) is 5.82 Å². The second-order valence-electron chi connectivity index (χ2n) is 4.14. The topological polar surface area (TPSA) is 53.2 Å². The number of hydrogen-bond acceptors (Lipinski definition) is 2. The minimum absolute atomic E-state index is 0.259. The van der Waals surface area contributed by atoms with E-state index in [1.165, 1.54) is 24.3 Å². The molecular weight excluding hydrogens is 221 g/mol. The summed E-state index contributed by atoms with van der Waals surface area (Å²) >= 11 is 0. The average Bonchev–Trinajstić information content (AvgIpc) is 2.83. The lowest BCUT2D eigenvalue weighted by Gasteiger charge is -2.12. The molecule has 0 spiro atoms. The van der Waals surface area contributed by atoms with Crippen molar-refractivity contribution < 1.29 is 9.18 Å². The van der Waals surface area contributed by atoms with Crippen LogP contribution in [-0.4, -0.2) is 25.2 Å². The Morgan fingerprint density at radius 2 is 2.18 bits per heavy atom. The standard InChI is InChI=1S/C12H16FN3O/c13-9-3-5-10(6-4-9)16-12(17)15-8-11-2-1-7-14-11/h3-6,11,14H,1-2,7-8H2,(H2,15,16,17). The summed E-state index contributed by atoms with van der Waals surface area (Å²) in [6.45, 7) is 1.64. The maximum absolute atomic E-state index is 12.6. The van der Waals surface area contributed by atoms with Gasteiger partial charge in [-0.15, -0.1) is 0 Å². The van der Waals surface area contributed by atoms with Crippen molar-refractivity contribution in [3.63, 3.8) is 0 Å². The third kappa shape index (κ3) is 3.71. The molecule has 17 heavy (non-hydrogen) atoms. The van der Waals surface area contributed by atoms with Crippen molar-refractivity contribution in [2.75, 3.05) is 18.4 Å². The van der Waals surface area contributed by atoms with E-state index in [9.17, 15) is 9.18 Å². The molecule has 0 saturated carbocycles. The summed E-state index contributed by atoms with van der Waals surface area (Å²) in [7, 11) is 0. The fourth-order valence-electron chi connectivity index (χ4n) is 1.86. The number of carbonyl (C=O) groups excluding carboxylic acids is 1. The molecular formula is C12H16FN3O. The number of carbonyl (C=O) groups is 1. The molecule has 1 atom stereocenters. The second-order valence-corrected chi connectivity index (χ2v) is 4.14. The van der Waals surface area contributed by atoms with E-state index in [0.29, 0.717) is 18.3 Å². The van der Waals surface area contributed by atoms with Crippen molar-refractivity contribution >= 4 is 11.7 Å². The van der Waals surface area contributed by atoms with E-state index in [1.54, 1.807) is 0 Å². The molecule has 5 heteroatoms. The number of halogens is 1. The highest BCUT2D eigenvalue weighted by Gasteiger charge is 2.14. The van der Waals surface area contributed by atoms with Gasteiger partial charge in [0.25, 0.3) is 0 Å². The SMILES string of the molecule is O=C(NCC1CCCN1)Nc1ccc(F)cc1. The lowest BCUT2D eigenvalue weighted by molar-refractivity contribution is 0.251. The van der Waals surface area contributed by atoms with Crippen molar-refractivity contribution in [2.24, 2.45) is 0 Å². The lowest BCUT2D eigenvalue weighted by atomic mass is 10.2. The lowest BCUT2D eigenvalue weighted by Crippen LogP contribution is -2.39. The predicted octanol–water partition coefficient (Wildman–Crippen LogP) is 1.70. The Kier molecular flexibility index (Phi) is 3.93. The first-order chi connectivity index (χ1) is 8.24. The van der Waals surface area contributed by atoms with Crippen molar-refractivity contribution in [2.45, 2.75) is 18.9 Å². The molecule has 1 aliphatic rings. The maximum Gasteiger partial charge on any atom is 0.319 e. The first-order valence-corrected chi connectivity index (χ1v) is 5.78. The van der Waals surface area contributed by atoms with Crippen LogP contribution in [0.4, 0.5) is 14.9 Å². The van der Waals surface area contributed by atoms with Crippen LogP contribution in [0, 0.1) is 5.82 Å². The smallest absolute Gasteiger partial charge is 0.319 e. The van der Waals surface area contributed by atoms with Gasteiger partial charge in [0, 0.05) is 18.3 Å². The number of rotatable bonds is 3. The maximum atomic E-state index is 12.6.